The van der Waals surface area contributed by atoms with Crippen LogP contribution < -0.4 is 0 Å². The van der Waals surface area contributed by atoms with Gasteiger partial charge >= 0.3 is 0 Å². The van der Waals surface area contributed by atoms with Crippen molar-refractivity contribution in [3.63, 3.8) is 0 Å². The van der Waals surface area contributed by atoms with Gasteiger partial charge in [0, 0.05) is 34.7 Å². The molecule has 0 rings (SSSR count). The third-order valence-electron chi connectivity index (χ3n) is 1.73. The van der Waals surface area contributed by atoms with Gasteiger partial charge in [0.1, 0.15) is 0 Å². The molecule has 5 heteroatoms. The summed E-state index contributed by atoms with van der Waals surface area (Å²) in [6.45, 7) is 2.79. The van der Waals surface area contributed by atoms with E-state index >= 15 is 0 Å². The van der Waals surface area contributed by atoms with E-state index in [9.17, 15) is 0 Å². The second kappa shape index (κ2) is 6.62. The predicted molar refractivity (Wildman–Crippen MR) is 57.3 cm³/mol. The van der Waals surface area contributed by atoms with Gasteiger partial charge in [0.2, 0.25) is 0 Å². The van der Waals surface area contributed by atoms with Crippen molar-refractivity contribution in [2.45, 2.75) is 13.2 Å². The first-order valence-corrected chi connectivity index (χ1v) is 4.64. The lowest BCUT2D eigenvalue weighted by molar-refractivity contribution is -0.0864. The number of aliphatic imine (C=N–C) groups is 1. The minimum Gasteiger partial charge on any atom is -0.368 e. The largest absolute Gasteiger partial charge is 0.368 e. The Hall–Kier alpha value is -0.810. The third-order valence-corrected chi connectivity index (χ3v) is 1.73. The van der Waals surface area contributed by atoms with Crippen molar-refractivity contribution in [2.24, 2.45) is 4.99 Å². The van der Waals surface area contributed by atoms with Crippen molar-refractivity contribution in [3.05, 3.63) is 0 Å². The number of likely N-dealkylation sites (N-methyl/N-ethyl adjacent to an activating group) is 1. The van der Waals surface area contributed by atoms with E-state index < -0.39 is 6.29 Å². The highest BCUT2D eigenvalue weighted by molar-refractivity contribution is 5.79. The molecule has 0 aromatic carbocycles. The first-order chi connectivity index (χ1) is 6.49. The minimum atomic E-state index is -0.704. The Kier molecular flexibility index (Phi) is 6.23. The van der Waals surface area contributed by atoms with Gasteiger partial charge in [0.25, 0.3) is 0 Å². The van der Waals surface area contributed by atoms with Crippen LogP contribution >= 0.6 is 0 Å². The van der Waals surface area contributed by atoms with E-state index in [1.807, 2.05) is 30.9 Å². The molecule has 0 aliphatic heterocycles. The van der Waals surface area contributed by atoms with Gasteiger partial charge in [-0.2, -0.15) is 0 Å². The molecule has 0 aliphatic rings. The second-order valence-electron chi connectivity index (χ2n) is 3.31. The number of rotatable bonds is 4. The number of hydrogen-bond acceptors (Lipinski definition) is 3. The summed E-state index contributed by atoms with van der Waals surface area (Å²) in [4.78, 5) is 8.04. The number of aliphatic hydroxyl groups excluding tert-OH is 1. The van der Waals surface area contributed by atoms with Crippen LogP contribution in [0, 0.1) is 0 Å². The molecule has 0 saturated carbocycles. The molecule has 0 spiro atoms. The third kappa shape index (κ3) is 5.04. The lowest BCUT2D eigenvalue weighted by Gasteiger charge is -2.26. The average molecular weight is 203 g/mol. The SMILES string of the molecule is CN=C(N(C)C)N(C)CCOC(C)O. The van der Waals surface area contributed by atoms with Crippen molar-refractivity contribution in [2.75, 3.05) is 41.3 Å². The second-order valence-corrected chi connectivity index (χ2v) is 3.31. The topological polar surface area (TPSA) is 48.3 Å². The minimum absolute atomic E-state index is 0.487. The van der Waals surface area contributed by atoms with Crippen molar-refractivity contribution >= 4 is 5.96 Å². The molecule has 0 radical (unpaired) electrons. The standard InChI is InChI=1S/C9H21N3O2/c1-8(13)14-7-6-12(5)9(10-2)11(3)4/h8,13H,6-7H2,1-5H3. The zero-order valence-electron chi connectivity index (χ0n) is 9.69. The first-order valence-electron chi connectivity index (χ1n) is 4.64. The quantitative estimate of drug-likeness (QED) is 0.391. The fraction of sp³-hybridized carbons (Fsp3) is 0.889. The van der Waals surface area contributed by atoms with Gasteiger partial charge in [-0.1, -0.05) is 0 Å². The van der Waals surface area contributed by atoms with Crippen LogP contribution in [0.25, 0.3) is 0 Å². The molecule has 1 unspecified atom stereocenters. The van der Waals surface area contributed by atoms with E-state index in [0.29, 0.717) is 13.2 Å². The zero-order chi connectivity index (χ0) is 11.1. The predicted octanol–water partition coefficient (Wildman–Crippen LogP) is -0.179. The van der Waals surface area contributed by atoms with Crippen molar-refractivity contribution in [1.29, 1.82) is 0 Å². The molecule has 0 heterocycles. The number of guanidine groups is 1. The normalized spacial score (nSPS) is 14.0. The number of ether oxygens (including phenoxy) is 1. The molecule has 5 nitrogen and oxygen atoms in total. The summed E-state index contributed by atoms with van der Waals surface area (Å²) < 4.78 is 5.03. The Morgan fingerprint density at radius 1 is 1.43 bits per heavy atom. The highest BCUT2D eigenvalue weighted by atomic mass is 16.6. The molecule has 0 aromatic heterocycles. The van der Waals surface area contributed by atoms with Gasteiger partial charge in [-0.3, -0.25) is 4.99 Å². The summed E-state index contributed by atoms with van der Waals surface area (Å²) in [6.07, 6.45) is -0.704. The highest BCUT2D eigenvalue weighted by Gasteiger charge is 2.07. The lowest BCUT2D eigenvalue weighted by atomic mass is 10.5. The molecule has 0 aromatic rings. The Balaban J connectivity index is 3.88. The van der Waals surface area contributed by atoms with Crippen molar-refractivity contribution in [1.82, 2.24) is 9.80 Å². The van der Waals surface area contributed by atoms with Gasteiger partial charge in [-0.15, -0.1) is 0 Å². The molecule has 0 fully saturated rings. The van der Waals surface area contributed by atoms with Crippen molar-refractivity contribution in [3.8, 4) is 0 Å². The molecular formula is C9H21N3O2. The summed E-state index contributed by atoms with van der Waals surface area (Å²) >= 11 is 0. The highest BCUT2D eigenvalue weighted by Crippen LogP contribution is 1.92. The van der Waals surface area contributed by atoms with Crippen molar-refractivity contribution < 1.29 is 9.84 Å². The molecule has 0 aliphatic carbocycles. The van der Waals surface area contributed by atoms with E-state index in [1.165, 1.54) is 0 Å². The van der Waals surface area contributed by atoms with E-state index in [1.54, 1.807) is 14.0 Å². The first kappa shape index (κ1) is 13.2. The van der Waals surface area contributed by atoms with Gasteiger partial charge in [-0.25, -0.2) is 0 Å². The fourth-order valence-corrected chi connectivity index (χ4v) is 1.17. The summed E-state index contributed by atoms with van der Waals surface area (Å²) in [5.41, 5.74) is 0. The Morgan fingerprint density at radius 2 is 2.00 bits per heavy atom. The van der Waals surface area contributed by atoms with Crippen LogP contribution in [0.4, 0.5) is 0 Å². The molecule has 1 atom stereocenters. The average Bonchev–Trinajstić information content (AvgIpc) is 2.03. The van der Waals surface area contributed by atoms with Crippen LogP contribution in [-0.2, 0) is 4.74 Å². The summed E-state index contributed by atoms with van der Waals surface area (Å²) in [5.74, 6) is 0.888. The van der Waals surface area contributed by atoms with Gasteiger partial charge in [-0.05, 0) is 6.92 Å². The number of nitrogens with zero attached hydrogens (tertiary/aromatic N) is 3. The van der Waals surface area contributed by atoms with E-state index in [-0.39, 0.29) is 0 Å². The smallest absolute Gasteiger partial charge is 0.195 e. The summed E-state index contributed by atoms with van der Waals surface area (Å²) in [5, 5.41) is 8.89. The maximum absolute atomic E-state index is 8.89. The number of hydrogen-bond donors (Lipinski definition) is 1. The maximum Gasteiger partial charge on any atom is 0.195 e. The molecule has 0 amide bonds. The Labute approximate surface area is 86.0 Å². The molecule has 14 heavy (non-hydrogen) atoms. The van der Waals surface area contributed by atoms with Crippen LogP contribution in [0.15, 0.2) is 4.99 Å². The van der Waals surface area contributed by atoms with Gasteiger partial charge in [0.15, 0.2) is 12.2 Å². The van der Waals surface area contributed by atoms with Crippen LogP contribution in [0.1, 0.15) is 6.92 Å². The molecule has 0 saturated heterocycles. The molecule has 1 N–H and O–H groups in total. The molecule has 0 bridgehead atoms. The maximum atomic E-state index is 8.89. The Bertz CT molecular complexity index is 181. The molecule has 84 valence electrons. The van der Waals surface area contributed by atoms with E-state index in [2.05, 4.69) is 4.99 Å². The van der Waals surface area contributed by atoms with E-state index in [4.69, 9.17) is 9.84 Å². The molecular weight excluding hydrogens is 182 g/mol. The lowest BCUT2D eigenvalue weighted by Crippen LogP contribution is -2.39. The fourth-order valence-electron chi connectivity index (χ4n) is 1.17. The van der Waals surface area contributed by atoms with Gasteiger partial charge < -0.3 is 19.6 Å². The van der Waals surface area contributed by atoms with Crippen LogP contribution in [-0.4, -0.2) is 68.5 Å². The Morgan fingerprint density at radius 3 is 2.36 bits per heavy atom. The van der Waals surface area contributed by atoms with Crippen LogP contribution in [0.5, 0.6) is 0 Å². The van der Waals surface area contributed by atoms with Crippen LogP contribution in [0.2, 0.25) is 0 Å². The van der Waals surface area contributed by atoms with Crippen LogP contribution in [0.3, 0.4) is 0 Å². The monoisotopic (exact) mass is 203 g/mol. The van der Waals surface area contributed by atoms with E-state index in [0.717, 1.165) is 5.96 Å². The van der Waals surface area contributed by atoms with Gasteiger partial charge in [0.05, 0.1) is 6.61 Å². The summed E-state index contributed by atoms with van der Waals surface area (Å²) in [7, 11) is 7.57. The summed E-state index contributed by atoms with van der Waals surface area (Å²) in [6, 6.07) is 0. The zero-order valence-corrected chi connectivity index (χ0v) is 9.69. The number of aliphatic hydroxyl groups is 1.